The molecule has 1 aromatic heterocycles. The number of thiazole rings is 1. The lowest BCUT2D eigenvalue weighted by Gasteiger charge is -2.30. The monoisotopic (exact) mass is 345 g/mol. The molecule has 1 amide bonds. The summed E-state index contributed by atoms with van der Waals surface area (Å²) in [6, 6.07) is -0.0633. The number of hydrogen-bond donors (Lipinski definition) is 1. The van der Waals surface area contributed by atoms with Crippen LogP contribution in [0, 0.1) is 19.8 Å². The van der Waals surface area contributed by atoms with Crippen LogP contribution in [0.3, 0.4) is 0 Å². The zero-order valence-corrected chi connectivity index (χ0v) is 15.1. The second-order valence-corrected chi connectivity index (χ2v) is 9.07. The van der Waals surface area contributed by atoms with E-state index in [1.807, 2.05) is 20.8 Å². The summed E-state index contributed by atoms with van der Waals surface area (Å²) in [7, 11) is -3.15. The van der Waals surface area contributed by atoms with Gasteiger partial charge in [0.2, 0.25) is 15.9 Å². The minimum absolute atomic E-state index is 0.00565. The summed E-state index contributed by atoms with van der Waals surface area (Å²) < 4.78 is 24.4. The fourth-order valence-electron chi connectivity index (χ4n) is 2.80. The maximum atomic E-state index is 12.4. The Hall–Kier alpha value is -0.990. The molecule has 1 fully saturated rings. The maximum Gasteiger partial charge on any atom is 0.223 e. The highest BCUT2D eigenvalue weighted by molar-refractivity contribution is 7.88. The molecule has 1 aromatic rings. The van der Waals surface area contributed by atoms with Gasteiger partial charge >= 0.3 is 0 Å². The number of aromatic nitrogens is 1. The molecule has 1 N–H and O–H groups in total. The highest BCUT2D eigenvalue weighted by Gasteiger charge is 2.29. The Morgan fingerprint density at radius 3 is 2.41 bits per heavy atom. The van der Waals surface area contributed by atoms with Crippen LogP contribution in [0.2, 0.25) is 0 Å². The number of nitrogens with zero attached hydrogens (tertiary/aromatic N) is 2. The number of sulfonamides is 1. The second kappa shape index (κ2) is 6.64. The summed E-state index contributed by atoms with van der Waals surface area (Å²) >= 11 is 1.60. The van der Waals surface area contributed by atoms with Crippen molar-refractivity contribution in [3.8, 4) is 0 Å². The molecule has 2 heterocycles. The summed E-state index contributed by atoms with van der Waals surface area (Å²) in [5, 5.41) is 4.03. The van der Waals surface area contributed by atoms with Crippen LogP contribution in [0.15, 0.2) is 0 Å². The molecule has 0 unspecified atom stereocenters. The Morgan fingerprint density at radius 2 is 1.95 bits per heavy atom. The van der Waals surface area contributed by atoms with Gasteiger partial charge in [0.15, 0.2) is 0 Å². The number of aryl methyl sites for hydroxylation is 2. The van der Waals surface area contributed by atoms with Crippen molar-refractivity contribution in [2.75, 3.05) is 19.3 Å². The van der Waals surface area contributed by atoms with Crippen molar-refractivity contribution in [1.29, 1.82) is 0 Å². The third-order valence-corrected chi connectivity index (χ3v) is 6.54. The van der Waals surface area contributed by atoms with Crippen molar-refractivity contribution in [3.63, 3.8) is 0 Å². The first-order valence-corrected chi connectivity index (χ1v) is 10.0. The van der Waals surface area contributed by atoms with Crippen molar-refractivity contribution in [2.24, 2.45) is 5.92 Å². The van der Waals surface area contributed by atoms with Gasteiger partial charge in [0.25, 0.3) is 0 Å². The van der Waals surface area contributed by atoms with Gasteiger partial charge < -0.3 is 5.32 Å². The first-order valence-electron chi connectivity index (χ1n) is 7.38. The molecular formula is C14H23N3O3S2. The van der Waals surface area contributed by atoms with Gasteiger partial charge in [0, 0.05) is 23.9 Å². The molecule has 2 rings (SSSR count). The molecule has 1 aliphatic rings. The molecule has 124 valence electrons. The molecule has 6 nitrogen and oxygen atoms in total. The SMILES string of the molecule is Cc1nc(C)c([C@@H](C)NC(=O)C2CCN(S(C)(=O)=O)CC2)s1. The van der Waals surface area contributed by atoms with Gasteiger partial charge in [-0.3, -0.25) is 4.79 Å². The Bertz CT molecular complexity index is 646. The molecule has 0 aromatic carbocycles. The predicted octanol–water partition coefficient (Wildman–Crippen LogP) is 1.61. The first kappa shape index (κ1) is 17.4. The van der Waals surface area contributed by atoms with E-state index in [2.05, 4.69) is 10.3 Å². The number of carbonyl (C=O) groups excluding carboxylic acids is 1. The van der Waals surface area contributed by atoms with Crippen molar-refractivity contribution in [1.82, 2.24) is 14.6 Å². The summed E-state index contributed by atoms with van der Waals surface area (Å²) in [6.45, 7) is 6.71. The van der Waals surface area contributed by atoms with Crippen LogP contribution in [0.1, 0.15) is 41.4 Å². The quantitative estimate of drug-likeness (QED) is 0.899. The largest absolute Gasteiger partial charge is 0.348 e. The zero-order valence-electron chi connectivity index (χ0n) is 13.4. The van der Waals surface area contributed by atoms with E-state index in [1.54, 1.807) is 11.3 Å². The lowest BCUT2D eigenvalue weighted by atomic mass is 9.97. The average molecular weight is 345 g/mol. The van der Waals surface area contributed by atoms with Crippen LogP contribution in [0.4, 0.5) is 0 Å². The maximum absolute atomic E-state index is 12.4. The van der Waals surface area contributed by atoms with Gasteiger partial charge in [-0.2, -0.15) is 0 Å². The van der Waals surface area contributed by atoms with E-state index < -0.39 is 10.0 Å². The van der Waals surface area contributed by atoms with Crippen molar-refractivity contribution >= 4 is 27.3 Å². The van der Waals surface area contributed by atoms with Crippen LogP contribution >= 0.6 is 11.3 Å². The number of hydrogen-bond acceptors (Lipinski definition) is 5. The summed E-state index contributed by atoms with van der Waals surface area (Å²) in [6.07, 6.45) is 2.36. The zero-order chi connectivity index (χ0) is 16.5. The Morgan fingerprint density at radius 1 is 1.36 bits per heavy atom. The van der Waals surface area contributed by atoms with Gasteiger partial charge in [-0.05, 0) is 33.6 Å². The van der Waals surface area contributed by atoms with Gasteiger partial charge in [0.05, 0.1) is 23.0 Å². The first-order chi connectivity index (χ1) is 10.2. The number of piperidine rings is 1. The molecule has 0 spiro atoms. The molecule has 1 saturated heterocycles. The van der Waals surface area contributed by atoms with E-state index in [1.165, 1.54) is 10.6 Å². The summed E-state index contributed by atoms with van der Waals surface area (Å²) in [4.78, 5) is 17.8. The topological polar surface area (TPSA) is 79.4 Å². The standard InChI is InChI=1S/C14H23N3O3S2/c1-9-13(21-11(3)15-9)10(2)16-14(18)12-5-7-17(8-6-12)22(4,19)20/h10,12H,5-8H2,1-4H3,(H,16,18)/t10-/m1/s1. The number of rotatable bonds is 4. The van der Waals surface area contributed by atoms with E-state index in [0.717, 1.165) is 15.6 Å². The second-order valence-electron chi connectivity index (χ2n) is 5.85. The molecule has 1 atom stereocenters. The van der Waals surface area contributed by atoms with Crippen molar-refractivity contribution < 1.29 is 13.2 Å². The lowest BCUT2D eigenvalue weighted by Crippen LogP contribution is -2.43. The third kappa shape index (κ3) is 4.05. The fraction of sp³-hybridized carbons (Fsp3) is 0.714. The minimum atomic E-state index is -3.15. The Balaban J connectivity index is 1.92. The van der Waals surface area contributed by atoms with Crippen LogP contribution in [0.25, 0.3) is 0 Å². The Kier molecular flexibility index (Phi) is 5.24. The molecule has 1 aliphatic heterocycles. The molecule has 22 heavy (non-hydrogen) atoms. The lowest BCUT2D eigenvalue weighted by molar-refractivity contribution is -0.126. The highest BCUT2D eigenvalue weighted by Crippen LogP contribution is 2.26. The van der Waals surface area contributed by atoms with Gasteiger partial charge in [-0.1, -0.05) is 0 Å². The third-order valence-electron chi connectivity index (χ3n) is 3.99. The van der Waals surface area contributed by atoms with Crippen LogP contribution in [0.5, 0.6) is 0 Å². The highest BCUT2D eigenvalue weighted by atomic mass is 32.2. The van der Waals surface area contributed by atoms with E-state index in [-0.39, 0.29) is 17.9 Å². The molecule has 8 heteroatoms. The molecule has 0 aliphatic carbocycles. The van der Waals surface area contributed by atoms with Crippen LogP contribution < -0.4 is 5.32 Å². The molecule has 0 radical (unpaired) electrons. The summed E-state index contributed by atoms with van der Waals surface area (Å²) in [5.41, 5.74) is 0.960. The van der Waals surface area contributed by atoms with Crippen LogP contribution in [-0.4, -0.2) is 43.0 Å². The molecule has 0 bridgehead atoms. The Labute approximate surface area is 136 Å². The van der Waals surface area contributed by atoms with Crippen LogP contribution in [-0.2, 0) is 14.8 Å². The minimum Gasteiger partial charge on any atom is -0.348 e. The van der Waals surface area contributed by atoms with Gasteiger partial charge in [-0.15, -0.1) is 11.3 Å². The number of amides is 1. The van der Waals surface area contributed by atoms with E-state index in [4.69, 9.17) is 0 Å². The fourth-order valence-corrected chi connectivity index (χ4v) is 4.60. The van der Waals surface area contributed by atoms with Gasteiger partial charge in [0.1, 0.15) is 0 Å². The smallest absolute Gasteiger partial charge is 0.223 e. The van der Waals surface area contributed by atoms with Gasteiger partial charge in [-0.25, -0.2) is 17.7 Å². The molecule has 0 saturated carbocycles. The van der Waals surface area contributed by atoms with Crippen molar-refractivity contribution in [3.05, 3.63) is 15.6 Å². The van der Waals surface area contributed by atoms with E-state index in [0.29, 0.717) is 25.9 Å². The normalized spacial score (nSPS) is 19.1. The predicted molar refractivity (Wildman–Crippen MR) is 87.3 cm³/mol. The summed E-state index contributed by atoms with van der Waals surface area (Å²) in [5.74, 6) is -0.110. The number of nitrogens with one attached hydrogen (secondary N) is 1. The van der Waals surface area contributed by atoms with E-state index in [9.17, 15) is 13.2 Å². The molecular weight excluding hydrogens is 322 g/mol. The van der Waals surface area contributed by atoms with Crippen molar-refractivity contribution in [2.45, 2.75) is 39.7 Å². The average Bonchev–Trinajstić information content (AvgIpc) is 2.77. The van der Waals surface area contributed by atoms with E-state index >= 15 is 0 Å². The number of carbonyl (C=O) groups is 1.